The molecule has 6 N–H and O–H groups in total. The average molecular weight is 342 g/mol. The first-order chi connectivity index (χ1) is 12.7. The summed E-state index contributed by atoms with van der Waals surface area (Å²) in [5, 5.41) is 0. The van der Waals surface area contributed by atoms with Crippen molar-refractivity contribution < 1.29 is 0 Å². The van der Waals surface area contributed by atoms with E-state index in [-0.39, 0.29) is 0 Å². The zero-order valence-electron chi connectivity index (χ0n) is 14.5. The van der Waals surface area contributed by atoms with Gasteiger partial charge in [0.05, 0.1) is 5.69 Å². The maximum Gasteiger partial charge on any atom is 0.0702 e. The second-order valence-electron chi connectivity index (χ2n) is 6.03. The normalized spacial score (nSPS) is 11.8. The van der Waals surface area contributed by atoms with Gasteiger partial charge in [-0.3, -0.25) is 4.98 Å². The summed E-state index contributed by atoms with van der Waals surface area (Å²) in [6, 6.07) is 19.5. The molecule has 3 aromatic rings. The molecule has 3 rings (SSSR count). The molecular weight excluding hydrogens is 320 g/mol. The third kappa shape index (κ3) is 4.30. The van der Waals surface area contributed by atoms with Gasteiger partial charge in [-0.25, -0.2) is 0 Å². The molecule has 1 heterocycles. The van der Waals surface area contributed by atoms with Crippen molar-refractivity contribution in [3.8, 4) is 11.3 Å². The van der Waals surface area contributed by atoms with E-state index in [1.807, 2.05) is 66.9 Å². The molecule has 0 aliphatic carbocycles. The molecule has 0 radical (unpaired) electrons. The Morgan fingerprint density at radius 3 is 2.35 bits per heavy atom. The summed E-state index contributed by atoms with van der Waals surface area (Å²) in [7, 11) is 0. The van der Waals surface area contributed by atoms with E-state index in [0.717, 1.165) is 45.8 Å². The van der Waals surface area contributed by atoms with Gasteiger partial charge in [0.2, 0.25) is 0 Å². The maximum atomic E-state index is 5.83. The predicted octanol–water partition coefficient (Wildman–Crippen LogP) is 4.01. The van der Waals surface area contributed by atoms with Gasteiger partial charge in [-0.15, -0.1) is 0 Å². The summed E-state index contributed by atoms with van der Waals surface area (Å²) in [5.41, 5.74) is 23.9. The van der Waals surface area contributed by atoms with Crippen LogP contribution in [0.4, 0.5) is 11.4 Å². The van der Waals surface area contributed by atoms with Gasteiger partial charge in [-0.1, -0.05) is 42.5 Å². The summed E-state index contributed by atoms with van der Waals surface area (Å²) in [5.74, 6) is 0. The Morgan fingerprint density at radius 2 is 1.69 bits per heavy atom. The monoisotopic (exact) mass is 342 g/mol. The van der Waals surface area contributed by atoms with Gasteiger partial charge < -0.3 is 17.2 Å². The third-order valence-corrected chi connectivity index (χ3v) is 4.06. The van der Waals surface area contributed by atoms with Crippen LogP contribution in [0.3, 0.4) is 0 Å². The van der Waals surface area contributed by atoms with E-state index in [1.165, 1.54) is 0 Å². The second kappa shape index (κ2) is 8.03. The van der Waals surface area contributed by atoms with E-state index < -0.39 is 0 Å². The minimum Gasteiger partial charge on any atom is -0.404 e. The fourth-order valence-electron chi connectivity index (χ4n) is 2.70. The number of aromatic nitrogens is 1. The van der Waals surface area contributed by atoms with Crippen LogP contribution in [0.15, 0.2) is 85.2 Å². The number of nitrogens with zero attached hydrogens (tertiary/aromatic N) is 1. The summed E-state index contributed by atoms with van der Waals surface area (Å²) in [6.07, 6.45) is 8.31. The Bertz CT molecular complexity index is 940. The van der Waals surface area contributed by atoms with Crippen LogP contribution in [0, 0.1) is 0 Å². The molecule has 0 amide bonds. The molecule has 0 bridgehead atoms. The lowest BCUT2D eigenvalue weighted by atomic mass is 10.0. The van der Waals surface area contributed by atoms with Crippen LogP contribution in [-0.2, 0) is 6.42 Å². The number of nitrogen functional groups attached to an aromatic ring is 2. The van der Waals surface area contributed by atoms with Crippen LogP contribution in [-0.4, -0.2) is 4.98 Å². The van der Waals surface area contributed by atoms with Gasteiger partial charge in [0.25, 0.3) is 0 Å². The van der Waals surface area contributed by atoms with Crippen molar-refractivity contribution in [2.24, 2.45) is 5.73 Å². The largest absolute Gasteiger partial charge is 0.404 e. The van der Waals surface area contributed by atoms with E-state index in [9.17, 15) is 0 Å². The van der Waals surface area contributed by atoms with E-state index in [1.54, 1.807) is 6.20 Å². The molecule has 0 aliphatic rings. The number of anilines is 2. The van der Waals surface area contributed by atoms with Crippen molar-refractivity contribution >= 4 is 16.9 Å². The number of pyridine rings is 1. The van der Waals surface area contributed by atoms with Gasteiger partial charge in [-0.05, 0) is 53.5 Å². The maximum absolute atomic E-state index is 5.83. The number of nitrogens with two attached hydrogens (primary N) is 3. The topological polar surface area (TPSA) is 91.0 Å². The first kappa shape index (κ1) is 17.3. The van der Waals surface area contributed by atoms with Crippen LogP contribution >= 0.6 is 0 Å². The fourth-order valence-corrected chi connectivity index (χ4v) is 2.70. The summed E-state index contributed by atoms with van der Waals surface area (Å²) >= 11 is 0. The molecule has 0 fully saturated rings. The van der Waals surface area contributed by atoms with Gasteiger partial charge in [0.15, 0.2) is 0 Å². The lowest BCUT2D eigenvalue weighted by Gasteiger charge is -2.04. The quantitative estimate of drug-likeness (QED) is 0.482. The van der Waals surface area contributed by atoms with Crippen LogP contribution in [0.5, 0.6) is 0 Å². The lowest BCUT2D eigenvalue weighted by Crippen LogP contribution is -1.91. The van der Waals surface area contributed by atoms with Crippen LogP contribution < -0.4 is 17.2 Å². The summed E-state index contributed by atoms with van der Waals surface area (Å²) < 4.78 is 0. The predicted molar refractivity (Wildman–Crippen MR) is 110 cm³/mol. The molecule has 4 heteroatoms. The summed E-state index contributed by atoms with van der Waals surface area (Å²) in [6.45, 7) is 0. The molecule has 130 valence electrons. The number of rotatable bonds is 5. The molecule has 0 atom stereocenters. The van der Waals surface area contributed by atoms with Crippen LogP contribution in [0.2, 0.25) is 0 Å². The van der Waals surface area contributed by atoms with Gasteiger partial charge in [-0.2, -0.15) is 0 Å². The fraction of sp³-hybridized carbons (Fsp3) is 0.0455. The molecule has 0 saturated carbocycles. The van der Waals surface area contributed by atoms with Crippen molar-refractivity contribution in [1.29, 1.82) is 0 Å². The van der Waals surface area contributed by atoms with Gasteiger partial charge in [0.1, 0.15) is 0 Å². The molecule has 0 spiro atoms. The third-order valence-electron chi connectivity index (χ3n) is 4.06. The second-order valence-corrected chi connectivity index (χ2v) is 6.03. The van der Waals surface area contributed by atoms with Crippen molar-refractivity contribution in [1.82, 2.24) is 4.98 Å². The zero-order valence-corrected chi connectivity index (χ0v) is 14.5. The average Bonchev–Trinajstić information content (AvgIpc) is 2.66. The van der Waals surface area contributed by atoms with E-state index in [0.29, 0.717) is 0 Å². The number of hydrogen-bond acceptors (Lipinski definition) is 4. The first-order valence-electron chi connectivity index (χ1n) is 8.41. The smallest absolute Gasteiger partial charge is 0.0702 e. The highest BCUT2D eigenvalue weighted by atomic mass is 14.7. The van der Waals surface area contributed by atoms with Gasteiger partial charge in [0, 0.05) is 29.3 Å². The Hall–Kier alpha value is -3.53. The van der Waals surface area contributed by atoms with Crippen molar-refractivity contribution in [2.45, 2.75) is 6.42 Å². The SMILES string of the molecule is N/C=C(\C=C/Cc1ccc(-c2cccc(N)c2)nc1)c1cccc(N)c1. The van der Waals surface area contributed by atoms with Crippen molar-refractivity contribution in [3.05, 3.63) is 96.3 Å². The molecule has 2 aromatic carbocycles. The van der Waals surface area contributed by atoms with Crippen LogP contribution in [0.25, 0.3) is 16.8 Å². The Morgan fingerprint density at radius 1 is 0.923 bits per heavy atom. The molecule has 26 heavy (non-hydrogen) atoms. The van der Waals surface area contributed by atoms with Crippen molar-refractivity contribution in [3.63, 3.8) is 0 Å². The highest BCUT2D eigenvalue weighted by molar-refractivity contribution is 5.75. The van der Waals surface area contributed by atoms with Crippen molar-refractivity contribution in [2.75, 3.05) is 11.5 Å². The molecule has 0 unspecified atom stereocenters. The highest BCUT2D eigenvalue weighted by Crippen LogP contribution is 2.20. The minimum absolute atomic E-state index is 0.719. The molecule has 1 aromatic heterocycles. The molecule has 0 saturated heterocycles. The van der Waals surface area contributed by atoms with E-state index in [4.69, 9.17) is 17.2 Å². The van der Waals surface area contributed by atoms with Crippen LogP contribution in [0.1, 0.15) is 11.1 Å². The van der Waals surface area contributed by atoms with Gasteiger partial charge >= 0.3 is 0 Å². The Kier molecular flexibility index (Phi) is 5.34. The van der Waals surface area contributed by atoms with E-state index in [2.05, 4.69) is 17.1 Å². The number of allylic oxidation sites excluding steroid dienone is 3. The molecular formula is C22H22N4. The Balaban J connectivity index is 1.68. The first-order valence-corrected chi connectivity index (χ1v) is 8.41. The standard InChI is InChI=1S/C22H22N4/c23-14-19(17-5-2-8-20(24)12-17)7-1-4-16-10-11-22(26-15-16)18-6-3-9-21(25)13-18/h1-3,5-15H,4,23-25H2/b7-1-,19-14+. The zero-order chi connectivity index (χ0) is 18.4. The van der Waals surface area contributed by atoms with E-state index >= 15 is 0 Å². The molecule has 0 aliphatic heterocycles. The summed E-state index contributed by atoms with van der Waals surface area (Å²) in [4.78, 5) is 4.53. The lowest BCUT2D eigenvalue weighted by molar-refractivity contribution is 1.19. The molecule has 4 nitrogen and oxygen atoms in total. The Labute approximate surface area is 153 Å². The minimum atomic E-state index is 0.719. The highest BCUT2D eigenvalue weighted by Gasteiger charge is 2.01. The number of hydrogen-bond donors (Lipinski definition) is 3. The number of benzene rings is 2.